The van der Waals surface area contributed by atoms with Crippen LogP contribution in [-0.2, 0) is 16.1 Å². The number of rotatable bonds is 5. The van der Waals surface area contributed by atoms with Crippen LogP contribution in [0.1, 0.15) is 19.4 Å². The molecule has 0 saturated carbocycles. The number of nitrogens with one attached hydrogen (secondary N) is 1. The van der Waals surface area contributed by atoms with Gasteiger partial charge in [-0.15, -0.1) is 0 Å². The molecule has 1 atom stereocenters. The lowest BCUT2D eigenvalue weighted by Crippen LogP contribution is -2.41. The average molecular weight is 290 g/mol. The van der Waals surface area contributed by atoms with E-state index in [0.717, 1.165) is 16.5 Å². The van der Waals surface area contributed by atoms with Crippen molar-refractivity contribution < 1.29 is 13.9 Å². The fourth-order valence-corrected chi connectivity index (χ4v) is 2.30. The van der Waals surface area contributed by atoms with Gasteiger partial charge < -0.3 is 4.74 Å². The summed E-state index contributed by atoms with van der Waals surface area (Å²) in [6, 6.07) is 6.04. The lowest BCUT2D eigenvalue weighted by Gasteiger charge is -2.20. The molecule has 4 nitrogen and oxygen atoms in total. The maximum absolute atomic E-state index is 13.7. The first kappa shape index (κ1) is 15.4. The van der Waals surface area contributed by atoms with Crippen molar-refractivity contribution in [1.82, 2.24) is 10.3 Å². The zero-order valence-corrected chi connectivity index (χ0v) is 12.4. The van der Waals surface area contributed by atoms with E-state index in [4.69, 9.17) is 4.74 Å². The third-order valence-electron chi connectivity index (χ3n) is 3.38. The molecule has 1 unspecified atom stereocenters. The van der Waals surface area contributed by atoms with Crippen molar-refractivity contribution >= 4 is 16.9 Å². The maximum atomic E-state index is 13.7. The first-order valence-corrected chi connectivity index (χ1v) is 6.87. The third-order valence-corrected chi connectivity index (χ3v) is 3.38. The molecule has 0 spiro atoms. The van der Waals surface area contributed by atoms with Crippen LogP contribution in [0.15, 0.2) is 30.5 Å². The lowest BCUT2D eigenvalue weighted by molar-refractivity contribution is -0.144. The van der Waals surface area contributed by atoms with E-state index in [1.165, 1.54) is 19.2 Å². The average Bonchev–Trinajstić information content (AvgIpc) is 2.46. The molecule has 1 heterocycles. The summed E-state index contributed by atoms with van der Waals surface area (Å²) < 4.78 is 18.4. The Morgan fingerprint density at radius 2 is 2.19 bits per heavy atom. The van der Waals surface area contributed by atoms with Crippen LogP contribution in [0.25, 0.3) is 10.9 Å². The number of methoxy groups -OCH3 is 1. The molecule has 0 saturated heterocycles. The van der Waals surface area contributed by atoms with Gasteiger partial charge in [0.2, 0.25) is 0 Å². The van der Waals surface area contributed by atoms with Crippen LogP contribution in [0, 0.1) is 11.7 Å². The molecular formula is C16H19FN2O2. The van der Waals surface area contributed by atoms with Crippen LogP contribution in [0.5, 0.6) is 0 Å². The number of fused-ring (bicyclic) bond motifs is 1. The number of benzene rings is 1. The number of pyridine rings is 1. The van der Waals surface area contributed by atoms with Crippen molar-refractivity contribution in [2.45, 2.75) is 26.4 Å². The predicted octanol–water partition coefficient (Wildman–Crippen LogP) is 2.66. The highest BCUT2D eigenvalue weighted by Gasteiger charge is 2.22. The molecular weight excluding hydrogens is 271 g/mol. The summed E-state index contributed by atoms with van der Waals surface area (Å²) in [6.07, 6.45) is 1.67. The molecule has 2 rings (SSSR count). The zero-order chi connectivity index (χ0) is 15.4. The summed E-state index contributed by atoms with van der Waals surface area (Å²) in [5.41, 5.74) is 1.46. The Labute approximate surface area is 123 Å². The smallest absolute Gasteiger partial charge is 0.323 e. The van der Waals surface area contributed by atoms with Gasteiger partial charge in [-0.3, -0.25) is 15.1 Å². The van der Waals surface area contributed by atoms with Crippen LogP contribution >= 0.6 is 0 Å². The SMILES string of the molecule is COC(=O)C(NCc1cc(F)cc2cccnc12)C(C)C. The fourth-order valence-electron chi connectivity index (χ4n) is 2.30. The van der Waals surface area contributed by atoms with E-state index in [1.807, 2.05) is 19.9 Å². The highest BCUT2D eigenvalue weighted by atomic mass is 19.1. The Morgan fingerprint density at radius 1 is 1.43 bits per heavy atom. The fraction of sp³-hybridized carbons (Fsp3) is 0.375. The largest absolute Gasteiger partial charge is 0.468 e. The Morgan fingerprint density at radius 3 is 2.86 bits per heavy atom. The van der Waals surface area contributed by atoms with Gasteiger partial charge in [-0.2, -0.15) is 0 Å². The normalized spacial score (nSPS) is 12.6. The van der Waals surface area contributed by atoms with E-state index in [9.17, 15) is 9.18 Å². The van der Waals surface area contributed by atoms with Crippen LogP contribution < -0.4 is 5.32 Å². The molecule has 0 aliphatic carbocycles. The number of halogens is 1. The molecule has 1 aromatic heterocycles. The Kier molecular flexibility index (Phi) is 4.85. The molecule has 1 aromatic carbocycles. The van der Waals surface area contributed by atoms with Gasteiger partial charge in [0.25, 0.3) is 0 Å². The van der Waals surface area contributed by atoms with E-state index < -0.39 is 6.04 Å². The summed E-state index contributed by atoms with van der Waals surface area (Å²) in [4.78, 5) is 16.0. The van der Waals surface area contributed by atoms with Gasteiger partial charge in [-0.25, -0.2) is 4.39 Å². The molecule has 2 aromatic rings. The van der Waals surface area contributed by atoms with Gasteiger partial charge in [0.1, 0.15) is 11.9 Å². The highest BCUT2D eigenvalue weighted by Crippen LogP contribution is 2.18. The maximum Gasteiger partial charge on any atom is 0.323 e. The summed E-state index contributed by atoms with van der Waals surface area (Å²) in [7, 11) is 1.36. The van der Waals surface area contributed by atoms with Crippen molar-refractivity contribution in [3.63, 3.8) is 0 Å². The van der Waals surface area contributed by atoms with Gasteiger partial charge in [0, 0.05) is 18.1 Å². The van der Waals surface area contributed by atoms with Crippen molar-refractivity contribution in [2.75, 3.05) is 7.11 Å². The van der Waals surface area contributed by atoms with Gasteiger partial charge in [-0.05, 0) is 29.7 Å². The first-order chi connectivity index (χ1) is 10.0. The van der Waals surface area contributed by atoms with Crippen LogP contribution in [0.2, 0.25) is 0 Å². The minimum atomic E-state index is -0.433. The Bertz CT molecular complexity index is 643. The van der Waals surface area contributed by atoms with E-state index in [1.54, 1.807) is 12.3 Å². The quantitative estimate of drug-likeness (QED) is 0.860. The van der Waals surface area contributed by atoms with Crippen molar-refractivity contribution in [3.05, 3.63) is 41.8 Å². The molecule has 112 valence electrons. The molecule has 0 aliphatic rings. The molecule has 0 radical (unpaired) electrons. The number of hydrogen-bond donors (Lipinski definition) is 1. The number of carbonyl (C=O) groups is 1. The number of aromatic nitrogens is 1. The topological polar surface area (TPSA) is 51.2 Å². The first-order valence-electron chi connectivity index (χ1n) is 6.87. The number of ether oxygens (including phenoxy) is 1. The molecule has 5 heteroatoms. The van der Waals surface area contributed by atoms with E-state index in [2.05, 4.69) is 10.3 Å². The van der Waals surface area contributed by atoms with Crippen molar-refractivity contribution in [3.8, 4) is 0 Å². The Balaban J connectivity index is 2.25. The van der Waals surface area contributed by atoms with Crippen LogP contribution in [-0.4, -0.2) is 24.1 Å². The second-order valence-electron chi connectivity index (χ2n) is 5.27. The molecule has 21 heavy (non-hydrogen) atoms. The monoisotopic (exact) mass is 290 g/mol. The van der Waals surface area contributed by atoms with Crippen molar-refractivity contribution in [2.24, 2.45) is 5.92 Å². The molecule has 0 bridgehead atoms. The lowest BCUT2D eigenvalue weighted by atomic mass is 10.0. The van der Waals surface area contributed by atoms with E-state index in [0.29, 0.717) is 6.54 Å². The number of carbonyl (C=O) groups excluding carboxylic acids is 1. The third kappa shape index (κ3) is 3.55. The van der Waals surface area contributed by atoms with Crippen molar-refractivity contribution in [1.29, 1.82) is 0 Å². The molecule has 0 aliphatic heterocycles. The summed E-state index contributed by atoms with van der Waals surface area (Å²) in [6.45, 7) is 4.20. The van der Waals surface area contributed by atoms with Gasteiger partial charge in [0.05, 0.1) is 12.6 Å². The number of hydrogen-bond acceptors (Lipinski definition) is 4. The summed E-state index contributed by atoms with van der Waals surface area (Å²) >= 11 is 0. The van der Waals surface area contributed by atoms with E-state index in [-0.39, 0.29) is 17.7 Å². The van der Waals surface area contributed by atoms with Crippen LogP contribution in [0.3, 0.4) is 0 Å². The summed E-state index contributed by atoms with van der Waals surface area (Å²) in [5.74, 6) is -0.560. The van der Waals surface area contributed by atoms with Crippen LogP contribution in [0.4, 0.5) is 4.39 Å². The van der Waals surface area contributed by atoms with Gasteiger partial charge in [-0.1, -0.05) is 19.9 Å². The zero-order valence-electron chi connectivity index (χ0n) is 12.4. The number of esters is 1. The summed E-state index contributed by atoms with van der Waals surface area (Å²) in [5, 5.41) is 3.87. The number of nitrogens with zero attached hydrogens (tertiary/aromatic N) is 1. The predicted molar refractivity (Wildman–Crippen MR) is 79.2 cm³/mol. The molecule has 1 N–H and O–H groups in total. The highest BCUT2D eigenvalue weighted by molar-refractivity contribution is 5.82. The van der Waals surface area contributed by atoms with Gasteiger partial charge >= 0.3 is 5.97 Å². The second kappa shape index (κ2) is 6.63. The molecule has 0 fully saturated rings. The van der Waals surface area contributed by atoms with E-state index >= 15 is 0 Å². The minimum absolute atomic E-state index is 0.0743. The second-order valence-corrected chi connectivity index (χ2v) is 5.27. The molecule has 0 amide bonds. The van der Waals surface area contributed by atoms with Gasteiger partial charge in [0.15, 0.2) is 0 Å². The standard InChI is InChI=1S/C16H19FN2O2/c1-10(2)14(16(20)21-3)19-9-12-8-13(17)7-11-5-4-6-18-15(11)12/h4-8,10,14,19H,9H2,1-3H3. The minimum Gasteiger partial charge on any atom is -0.468 e. The Hall–Kier alpha value is -2.01.